The summed E-state index contributed by atoms with van der Waals surface area (Å²) in [5.41, 5.74) is 6.84. The summed E-state index contributed by atoms with van der Waals surface area (Å²) in [6.07, 6.45) is 2.12. The zero-order valence-corrected chi connectivity index (χ0v) is 19.1. The van der Waals surface area contributed by atoms with Crippen LogP contribution in [0.1, 0.15) is 28.1 Å². The zero-order chi connectivity index (χ0) is 21.4. The number of carbonyl (C=O) groups excluding carboxylic acids is 1. The molecule has 0 bridgehead atoms. The van der Waals surface area contributed by atoms with Crippen molar-refractivity contribution in [1.82, 2.24) is 24.6 Å². The van der Waals surface area contributed by atoms with Crippen LogP contribution in [0.2, 0.25) is 0 Å². The van der Waals surface area contributed by atoms with Gasteiger partial charge in [-0.05, 0) is 39.5 Å². The average molecular weight is 439 g/mol. The van der Waals surface area contributed by atoms with Gasteiger partial charge in [0, 0.05) is 27.9 Å². The molecule has 0 fully saturated rings. The number of thioether (sulfide) groups is 1. The topological polar surface area (TPSA) is 85.1 Å². The molecular weight excluding hydrogens is 416 g/mol. The molecule has 1 aromatic carbocycles. The second-order valence-electron chi connectivity index (χ2n) is 7.15. The Morgan fingerprint density at radius 2 is 1.97 bits per heavy atom. The molecule has 3 aromatic heterocycles. The fraction of sp³-hybridized carbons (Fsp3) is 0.286. The minimum atomic E-state index is -0.130. The summed E-state index contributed by atoms with van der Waals surface area (Å²) >= 11 is 2.89. The number of aryl methyl sites for hydroxylation is 4. The van der Waals surface area contributed by atoms with E-state index in [1.54, 1.807) is 4.52 Å². The van der Waals surface area contributed by atoms with E-state index in [1.165, 1.54) is 34.2 Å². The lowest BCUT2D eigenvalue weighted by atomic mass is 10.0. The number of thiazole rings is 1. The molecule has 154 valence electrons. The van der Waals surface area contributed by atoms with Crippen LogP contribution in [0.4, 0.5) is 5.13 Å². The molecule has 4 aromatic rings. The van der Waals surface area contributed by atoms with Gasteiger partial charge >= 0.3 is 0 Å². The monoisotopic (exact) mass is 438 g/mol. The van der Waals surface area contributed by atoms with Crippen molar-refractivity contribution < 1.29 is 4.79 Å². The van der Waals surface area contributed by atoms with Gasteiger partial charge in [-0.1, -0.05) is 35.5 Å². The Kier molecular flexibility index (Phi) is 5.57. The maximum absolute atomic E-state index is 12.7. The molecule has 0 atom stereocenters. The molecule has 0 saturated carbocycles. The van der Waals surface area contributed by atoms with E-state index in [4.69, 9.17) is 0 Å². The molecule has 0 aliphatic heterocycles. The predicted octanol–water partition coefficient (Wildman–Crippen LogP) is 4.38. The Balaban J connectivity index is 1.54. The summed E-state index contributed by atoms with van der Waals surface area (Å²) in [4.78, 5) is 26.2. The molecule has 1 amide bonds. The molecule has 0 radical (unpaired) electrons. The molecule has 4 rings (SSSR count). The molecular formula is C21H22N6OS2. The minimum Gasteiger partial charge on any atom is -0.302 e. The first-order valence-electron chi connectivity index (χ1n) is 9.45. The lowest BCUT2D eigenvalue weighted by Gasteiger charge is -2.09. The van der Waals surface area contributed by atoms with Crippen molar-refractivity contribution in [2.75, 3.05) is 11.6 Å². The molecule has 3 heterocycles. The molecule has 0 aliphatic carbocycles. The Morgan fingerprint density at radius 3 is 2.70 bits per heavy atom. The van der Waals surface area contributed by atoms with Crippen molar-refractivity contribution >= 4 is 39.9 Å². The highest BCUT2D eigenvalue weighted by molar-refractivity contribution is 7.98. The van der Waals surface area contributed by atoms with Crippen LogP contribution in [0.5, 0.6) is 0 Å². The van der Waals surface area contributed by atoms with Gasteiger partial charge in [0.2, 0.25) is 11.1 Å². The first-order chi connectivity index (χ1) is 14.4. The summed E-state index contributed by atoms with van der Waals surface area (Å²) in [6.45, 7) is 7.97. The molecule has 0 spiro atoms. The number of nitrogens with zero attached hydrogens (tertiary/aromatic N) is 5. The van der Waals surface area contributed by atoms with Crippen LogP contribution in [-0.4, -0.2) is 36.7 Å². The van der Waals surface area contributed by atoms with Crippen LogP contribution in [0, 0.1) is 27.7 Å². The average Bonchev–Trinajstić information content (AvgIpc) is 3.32. The number of carbonyl (C=O) groups is 1. The fourth-order valence-electron chi connectivity index (χ4n) is 3.41. The Hall–Kier alpha value is -2.78. The highest BCUT2D eigenvalue weighted by Gasteiger charge is 2.17. The summed E-state index contributed by atoms with van der Waals surface area (Å²) in [5, 5.41) is 10.6. The summed E-state index contributed by atoms with van der Waals surface area (Å²) in [6, 6.07) is 6.27. The van der Waals surface area contributed by atoms with Crippen LogP contribution in [0.25, 0.3) is 17.0 Å². The van der Waals surface area contributed by atoms with Crippen molar-refractivity contribution in [3.63, 3.8) is 0 Å². The Labute approximate surface area is 183 Å². The van der Waals surface area contributed by atoms with Crippen LogP contribution in [-0.2, 0) is 11.2 Å². The largest absolute Gasteiger partial charge is 0.302 e. The lowest BCUT2D eigenvalue weighted by Crippen LogP contribution is -2.17. The first kappa shape index (κ1) is 20.5. The highest BCUT2D eigenvalue weighted by Crippen LogP contribution is 2.28. The fourth-order valence-corrected chi connectivity index (χ4v) is 4.48. The van der Waals surface area contributed by atoms with E-state index in [9.17, 15) is 4.79 Å². The van der Waals surface area contributed by atoms with Gasteiger partial charge in [0.05, 0.1) is 12.1 Å². The van der Waals surface area contributed by atoms with Crippen molar-refractivity contribution in [2.24, 2.45) is 0 Å². The van der Waals surface area contributed by atoms with Gasteiger partial charge in [0.25, 0.3) is 5.78 Å². The molecule has 0 unspecified atom stereocenters. The number of benzene rings is 1. The number of anilines is 1. The van der Waals surface area contributed by atoms with Crippen LogP contribution in [0.3, 0.4) is 0 Å². The lowest BCUT2D eigenvalue weighted by molar-refractivity contribution is -0.115. The number of nitrogens with one attached hydrogen (secondary N) is 1. The highest BCUT2D eigenvalue weighted by atomic mass is 32.2. The number of hydrogen-bond acceptors (Lipinski definition) is 7. The van der Waals surface area contributed by atoms with E-state index >= 15 is 0 Å². The van der Waals surface area contributed by atoms with Gasteiger partial charge in [-0.15, -0.1) is 16.4 Å². The number of hydrogen-bond donors (Lipinski definition) is 1. The summed E-state index contributed by atoms with van der Waals surface area (Å²) in [5.74, 6) is 0.422. The van der Waals surface area contributed by atoms with Crippen molar-refractivity contribution in [1.29, 1.82) is 0 Å². The van der Waals surface area contributed by atoms with E-state index in [2.05, 4.69) is 57.4 Å². The SMILES string of the molecule is CSc1nc2nc(C)c(CC(=O)Nc3nc(-c4ccc(C)cc4C)cs3)c(C)n2n1. The Morgan fingerprint density at radius 1 is 1.17 bits per heavy atom. The molecule has 7 nitrogen and oxygen atoms in total. The van der Waals surface area contributed by atoms with Gasteiger partial charge in [-0.3, -0.25) is 4.79 Å². The quantitative estimate of drug-likeness (QED) is 0.465. The van der Waals surface area contributed by atoms with Crippen molar-refractivity contribution in [2.45, 2.75) is 39.3 Å². The van der Waals surface area contributed by atoms with E-state index in [-0.39, 0.29) is 12.3 Å². The van der Waals surface area contributed by atoms with Gasteiger partial charge in [-0.25, -0.2) is 14.5 Å². The third-order valence-electron chi connectivity index (χ3n) is 4.96. The van der Waals surface area contributed by atoms with Gasteiger partial charge in [-0.2, -0.15) is 4.98 Å². The molecule has 0 saturated heterocycles. The first-order valence-corrected chi connectivity index (χ1v) is 11.6. The second kappa shape index (κ2) is 8.16. The normalized spacial score (nSPS) is 11.2. The van der Waals surface area contributed by atoms with Crippen LogP contribution in [0.15, 0.2) is 28.7 Å². The standard InChI is InChI=1S/C21H22N6OS2/c1-11-6-7-15(12(2)8-11)17-10-30-20(23-17)24-18(28)9-16-13(3)22-19-25-21(29-5)26-27(19)14(16)4/h6-8,10H,9H2,1-5H3,(H,23,24,28). The second-order valence-corrected chi connectivity index (χ2v) is 8.78. The van der Waals surface area contributed by atoms with Crippen molar-refractivity contribution in [3.05, 3.63) is 51.7 Å². The number of amides is 1. The molecule has 1 N–H and O–H groups in total. The zero-order valence-electron chi connectivity index (χ0n) is 17.5. The number of rotatable bonds is 5. The van der Waals surface area contributed by atoms with E-state index in [0.717, 1.165) is 28.2 Å². The smallest absolute Gasteiger partial charge is 0.253 e. The minimum absolute atomic E-state index is 0.130. The van der Waals surface area contributed by atoms with Gasteiger partial charge in [0.1, 0.15) is 0 Å². The van der Waals surface area contributed by atoms with Crippen LogP contribution < -0.4 is 5.32 Å². The third-order valence-corrected chi connectivity index (χ3v) is 6.25. The van der Waals surface area contributed by atoms with Gasteiger partial charge < -0.3 is 5.32 Å². The molecule has 0 aliphatic rings. The maximum atomic E-state index is 12.7. The van der Waals surface area contributed by atoms with Crippen LogP contribution >= 0.6 is 23.1 Å². The molecule has 9 heteroatoms. The van der Waals surface area contributed by atoms with E-state index in [1.807, 2.05) is 25.5 Å². The van der Waals surface area contributed by atoms with Crippen molar-refractivity contribution in [3.8, 4) is 11.3 Å². The number of aromatic nitrogens is 5. The summed E-state index contributed by atoms with van der Waals surface area (Å²) < 4.78 is 1.70. The predicted molar refractivity (Wildman–Crippen MR) is 121 cm³/mol. The van der Waals surface area contributed by atoms with Gasteiger partial charge in [0.15, 0.2) is 5.13 Å². The summed E-state index contributed by atoms with van der Waals surface area (Å²) in [7, 11) is 0. The number of fused-ring (bicyclic) bond motifs is 1. The Bertz CT molecular complexity index is 1260. The third kappa shape index (κ3) is 3.95. The molecule has 30 heavy (non-hydrogen) atoms. The van der Waals surface area contributed by atoms with E-state index in [0.29, 0.717) is 16.1 Å². The van der Waals surface area contributed by atoms with E-state index < -0.39 is 0 Å². The maximum Gasteiger partial charge on any atom is 0.253 e.